The largest absolute Gasteiger partial charge is 0.326 e. The van der Waals surface area contributed by atoms with Crippen LogP contribution in [0.5, 0.6) is 0 Å². The van der Waals surface area contributed by atoms with Crippen LogP contribution < -0.4 is 5.73 Å². The molecule has 2 heteroatoms. The van der Waals surface area contributed by atoms with E-state index in [0.717, 1.165) is 0 Å². The van der Waals surface area contributed by atoms with Crippen molar-refractivity contribution in [2.45, 2.75) is 11.4 Å². The molecule has 1 heterocycles. The van der Waals surface area contributed by atoms with Gasteiger partial charge in [-0.25, -0.2) is 0 Å². The van der Waals surface area contributed by atoms with Gasteiger partial charge in [-0.15, -0.1) is 0 Å². The van der Waals surface area contributed by atoms with Gasteiger partial charge in [-0.3, -0.25) is 0 Å². The van der Waals surface area contributed by atoms with Crippen molar-refractivity contribution < 1.29 is 0 Å². The number of hydrogen-bond acceptors (Lipinski definition) is 1. The second kappa shape index (κ2) is 3.81. The van der Waals surface area contributed by atoms with Gasteiger partial charge >= 0.3 is 0 Å². The molecule has 0 spiro atoms. The molecule has 0 fully saturated rings. The first kappa shape index (κ1) is 8.60. The van der Waals surface area contributed by atoms with Crippen molar-refractivity contribution in [3.8, 4) is 0 Å². The average Bonchev–Trinajstić information content (AvgIpc) is 2.71. The van der Waals surface area contributed by atoms with Gasteiger partial charge in [-0.05, 0) is 33.4 Å². The van der Waals surface area contributed by atoms with E-state index in [1.165, 1.54) is 10.5 Å². The summed E-state index contributed by atoms with van der Waals surface area (Å²) in [7, 11) is -0.160. The van der Waals surface area contributed by atoms with Crippen molar-refractivity contribution in [2.24, 2.45) is 5.73 Å². The lowest BCUT2D eigenvalue weighted by Gasteiger charge is -2.10. The molecule has 0 aliphatic carbocycles. The molecule has 2 N–H and O–H groups in total. The van der Waals surface area contributed by atoms with E-state index in [2.05, 4.69) is 47.2 Å². The summed E-state index contributed by atoms with van der Waals surface area (Å²) in [5.41, 5.74) is 6.73. The van der Waals surface area contributed by atoms with Crippen molar-refractivity contribution in [3.05, 3.63) is 52.8 Å². The maximum absolute atomic E-state index is 5.53. The van der Waals surface area contributed by atoms with Gasteiger partial charge in [0, 0.05) is 6.54 Å². The Hall–Kier alpha value is -0.990. The number of benzene rings is 1. The molecule has 2 rings (SSSR count). The van der Waals surface area contributed by atoms with Crippen LogP contribution in [0.1, 0.15) is 5.56 Å². The Kier molecular flexibility index (Phi) is 2.52. The minimum Gasteiger partial charge on any atom is -0.326 e. The first-order valence-electron chi connectivity index (χ1n) is 4.32. The van der Waals surface area contributed by atoms with Gasteiger partial charge in [-0.2, -0.15) is 10.9 Å². The highest BCUT2D eigenvalue weighted by Gasteiger charge is 2.01. The van der Waals surface area contributed by atoms with Crippen molar-refractivity contribution in [2.75, 3.05) is 0 Å². The van der Waals surface area contributed by atoms with E-state index in [-0.39, 0.29) is 10.9 Å². The summed E-state index contributed by atoms with van der Waals surface area (Å²) >= 11 is 0. The number of thiol groups is 1. The number of allylic oxidation sites excluding steroid dienone is 2. The summed E-state index contributed by atoms with van der Waals surface area (Å²) in [5, 5.41) is 4.51. The van der Waals surface area contributed by atoms with Crippen molar-refractivity contribution >= 4 is 10.9 Å². The zero-order chi connectivity index (χ0) is 9.10. The monoisotopic (exact) mass is 191 g/mol. The molecule has 0 unspecified atom stereocenters. The molecular weight excluding hydrogens is 178 g/mol. The summed E-state index contributed by atoms with van der Waals surface area (Å²) in [6, 6.07) is 8.57. The van der Waals surface area contributed by atoms with Crippen LogP contribution in [0, 0.1) is 0 Å². The van der Waals surface area contributed by atoms with Gasteiger partial charge in [0.15, 0.2) is 0 Å². The minimum absolute atomic E-state index is 0.160. The van der Waals surface area contributed by atoms with Crippen LogP contribution in [0.15, 0.2) is 52.1 Å². The average molecular weight is 191 g/mol. The predicted octanol–water partition coefficient (Wildman–Crippen LogP) is 2.55. The minimum atomic E-state index is -0.160. The van der Waals surface area contributed by atoms with Crippen molar-refractivity contribution in [3.63, 3.8) is 0 Å². The van der Waals surface area contributed by atoms with Crippen LogP contribution >= 0.6 is 10.9 Å². The van der Waals surface area contributed by atoms with Crippen LogP contribution in [-0.2, 0) is 6.54 Å². The molecular formula is C11H13NS. The summed E-state index contributed by atoms with van der Waals surface area (Å²) in [6.45, 7) is 0.629. The standard InChI is InChI=1S/C11H13NS/c12-9-10-3-5-11(6-4-10)13-7-1-2-8-13/h1-8,13H,9,12H2. The topological polar surface area (TPSA) is 26.0 Å². The van der Waals surface area contributed by atoms with E-state index in [1.54, 1.807) is 0 Å². The van der Waals surface area contributed by atoms with E-state index >= 15 is 0 Å². The molecule has 0 radical (unpaired) electrons. The number of rotatable bonds is 2. The first-order chi connectivity index (χ1) is 6.40. The summed E-state index contributed by atoms with van der Waals surface area (Å²) < 4.78 is 0. The molecule has 13 heavy (non-hydrogen) atoms. The van der Waals surface area contributed by atoms with Gasteiger partial charge in [0.2, 0.25) is 0 Å². The molecule has 1 nitrogen and oxygen atoms in total. The molecule has 1 aliphatic rings. The predicted molar refractivity (Wildman–Crippen MR) is 59.9 cm³/mol. The summed E-state index contributed by atoms with van der Waals surface area (Å²) in [5.74, 6) is 0. The van der Waals surface area contributed by atoms with Gasteiger partial charge in [0.25, 0.3) is 0 Å². The Morgan fingerprint density at radius 1 is 1.00 bits per heavy atom. The second-order valence-electron chi connectivity index (χ2n) is 2.96. The molecule has 1 aliphatic heterocycles. The lowest BCUT2D eigenvalue weighted by Crippen LogP contribution is -1.95. The second-order valence-corrected chi connectivity index (χ2v) is 4.89. The molecule has 0 saturated heterocycles. The van der Waals surface area contributed by atoms with Crippen LogP contribution in [-0.4, -0.2) is 0 Å². The fourth-order valence-corrected chi connectivity index (χ4v) is 2.82. The fraction of sp³-hybridized carbons (Fsp3) is 0.0909. The Bertz CT molecular complexity index is 326. The highest BCUT2D eigenvalue weighted by atomic mass is 32.2. The highest BCUT2D eigenvalue weighted by Crippen LogP contribution is 2.41. The van der Waals surface area contributed by atoms with E-state index in [4.69, 9.17) is 5.73 Å². The van der Waals surface area contributed by atoms with E-state index in [0.29, 0.717) is 6.54 Å². The third kappa shape index (κ3) is 1.85. The number of hydrogen-bond donors (Lipinski definition) is 2. The molecule has 0 atom stereocenters. The third-order valence-corrected chi connectivity index (χ3v) is 3.96. The zero-order valence-corrected chi connectivity index (χ0v) is 8.24. The normalized spacial score (nSPS) is 16.8. The Morgan fingerprint density at radius 2 is 1.62 bits per heavy atom. The molecule has 0 bridgehead atoms. The fourth-order valence-electron chi connectivity index (χ4n) is 1.31. The van der Waals surface area contributed by atoms with E-state index in [1.807, 2.05) is 0 Å². The molecule has 0 aromatic heterocycles. The van der Waals surface area contributed by atoms with Gasteiger partial charge in [0.1, 0.15) is 0 Å². The summed E-state index contributed by atoms with van der Waals surface area (Å²) in [6.07, 6.45) is 4.23. The van der Waals surface area contributed by atoms with Crippen LogP contribution in [0.4, 0.5) is 0 Å². The van der Waals surface area contributed by atoms with Gasteiger partial charge < -0.3 is 5.73 Å². The molecule has 1 aromatic carbocycles. The van der Waals surface area contributed by atoms with E-state index in [9.17, 15) is 0 Å². The smallest absolute Gasteiger partial charge is 0.0178 e. The number of nitrogens with two attached hydrogens (primary N) is 1. The molecule has 0 saturated carbocycles. The van der Waals surface area contributed by atoms with Crippen LogP contribution in [0.3, 0.4) is 0 Å². The maximum Gasteiger partial charge on any atom is 0.0178 e. The lowest BCUT2D eigenvalue weighted by molar-refractivity contribution is 1.07. The molecule has 1 aromatic rings. The molecule has 68 valence electrons. The van der Waals surface area contributed by atoms with Gasteiger partial charge in [0.05, 0.1) is 0 Å². The Morgan fingerprint density at radius 3 is 2.15 bits per heavy atom. The SMILES string of the molecule is NCc1ccc([SH]2C=CC=C2)cc1. The molecule has 0 amide bonds. The van der Waals surface area contributed by atoms with E-state index < -0.39 is 0 Å². The first-order valence-corrected chi connectivity index (χ1v) is 5.80. The van der Waals surface area contributed by atoms with Crippen LogP contribution in [0.2, 0.25) is 0 Å². The van der Waals surface area contributed by atoms with Crippen molar-refractivity contribution in [1.29, 1.82) is 0 Å². The lowest BCUT2D eigenvalue weighted by atomic mass is 10.2. The summed E-state index contributed by atoms with van der Waals surface area (Å²) in [4.78, 5) is 1.40. The zero-order valence-electron chi connectivity index (χ0n) is 7.35. The highest BCUT2D eigenvalue weighted by molar-refractivity contribution is 8.22. The van der Waals surface area contributed by atoms with Crippen molar-refractivity contribution in [1.82, 2.24) is 0 Å². The Labute approximate surface area is 81.3 Å². The maximum atomic E-state index is 5.53. The quantitative estimate of drug-likeness (QED) is 0.690. The van der Waals surface area contributed by atoms with Crippen LogP contribution in [0.25, 0.3) is 0 Å². The Balaban J connectivity index is 2.22. The van der Waals surface area contributed by atoms with Gasteiger partial charge in [-0.1, -0.05) is 24.3 Å². The third-order valence-electron chi connectivity index (χ3n) is 2.07.